The number of benzene rings is 1. The number of carbonyl (C=O) groups is 1. The normalized spacial score (nSPS) is 19.2. The van der Waals surface area contributed by atoms with Crippen LogP contribution < -0.4 is 10.6 Å². The zero-order chi connectivity index (χ0) is 11.9. The van der Waals surface area contributed by atoms with Crippen LogP contribution >= 0.6 is 0 Å². The fraction of sp³-hybridized carbons (Fsp3) is 0.462. The van der Waals surface area contributed by atoms with Crippen molar-refractivity contribution >= 4 is 5.97 Å². The zero-order valence-electron chi connectivity index (χ0n) is 9.82. The highest BCUT2D eigenvalue weighted by Crippen LogP contribution is 2.01. The van der Waals surface area contributed by atoms with E-state index in [9.17, 15) is 4.79 Å². The summed E-state index contributed by atoms with van der Waals surface area (Å²) >= 11 is 0. The minimum Gasteiger partial charge on any atom is -0.460 e. The first-order chi connectivity index (χ1) is 8.34. The molecule has 0 amide bonds. The van der Waals surface area contributed by atoms with E-state index < -0.39 is 0 Å². The predicted molar refractivity (Wildman–Crippen MR) is 65.5 cm³/mol. The topological polar surface area (TPSA) is 50.4 Å². The van der Waals surface area contributed by atoms with E-state index in [4.69, 9.17) is 4.74 Å². The average molecular weight is 234 g/mol. The van der Waals surface area contributed by atoms with Gasteiger partial charge >= 0.3 is 5.97 Å². The summed E-state index contributed by atoms with van der Waals surface area (Å²) in [6.07, 6.45) is 1.08. The lowest BCUT2D eigenvalue weighted by molar-refractivity contribution is -0.143. The third-order valence-electron chi connectivity index (χ3n) is 2.84. The van der Waals surface area contributed by atoms with Crippen LogP contribution in [0.2, 0.25) is 0 Å². The van der Waals surface area contributed by atoms with Crippen molar-refractivity contribution in [3.05, 3.63) is 35.9 Å². The number of esters is 1. The summed E-state index contributed by atoms with van der Waals surface area (Å²) in [6, 6.07) is 10.1. The van der Waals surface area contributed by atoms with Gasteiger partial charge in [-0.1, -0.05) is 30.3 Å². The molecule has 0 saturated carbocycles. The van der Waals surface area contributed by atoms with E-state index in [-0.39, 0.29) is 5.97 Å². The molecule has 2 N–H and O–H groups in total. The minimum absolute atomic E-state index is 0.194. The van der Waals surface area contributed by atoms with Crippen molar-refractivity contribution in [1.82, 2.24) is 10.6 Å². The van der Waals surface area contributed by atoms with E-state index in [1.165, 1.54) is 0 Å². The molecular formula is C13H18N2O2. The molecule has 1 fully saturated rings. The van der Waals surface area contributed by atoms with Gasteiger partial charge in [0.15, 0.2) is 0 Å². The van der Waals surface area contributed by atoms with Crippen LogP contribution in [0.1, 0.15) is 12.0 Å². The molecule has 1 atom stereocenters. The highest BCUT2D eigenvalue weighted by Gasteiger charge is 2.14. The summed E-state index contributed by atoms with van der Waals surface area (Å²) in [5.41, 5.74) is 1.02. The fourth-order valence-electron chi connectivity index (χ4n) is 1.85. The van der Waals surface area contributed by atoms with Crippen LogP contribution in [0.4, 0.5) is 0 Å². The van der Waals surface area contributed by atoms with Crippen molar-refractivity contribution in [1.29, 1.82) is 0 Å². The zero-order valence-corrected chi connectivity index (χ0v) is 9.82. The Morgan fingerprint density at radius 1 is 1.41 bits per heavy atom. The molecule has 1 saturated heterocycles. The average Bonchev–Trinajstić information content (AvgIpc) is 2.88. The molecule has 92 valence electrons. The predicted octanol–water partition coefficient (Wildman–Crippen LogP) is 0.681. The van der Waals surface area contributed by atoms with Crippen molar-refractivity contribution in [2.24, 2.45) is 0 Å². The Bertz CT molecular complexity index is 348. The summed E-state index contributed by atoms with van der Waals surface area (Å²) in [7, 11) is 0. The Kier molecular flexibility index (Phi) is 4.53. The molecule has 0 aliphatic carbocycles. The molecule has 0 bridgehead atoms. The van der Waals surface area contributed by atoms with E-state index in [0.717, 1.165) is 25.1 Å². The second kappa shape index (κ2) is 6.37. The maximum Gasteiger partial charge on any atom is 0.320 e. The van der Waals surface area contributed by atoms with Gasteiger partial charge in [-0.25, -0.2) is 0 Å². The molecule has 0 unspecified atom stereocenters. The number of hydrogen-bond donors (Lipinski definition) is 2. The Morgan fingerprint density at radius 2 is 2.24 bits per heavy atom. The van der Waals surface area contributed by atoms with Crippen LogP contribution in [0, 0.1) is 0 Å². The van der Waals surface area contributed by atoms with Crippen LogP contribution in [0.3, 0.4) is 0 Å². The van der Waals surface area contributed by atoms with Gasteiger partial charge in [0.25, 0.3) is 0 Å². The number of carbonyl (C=O) groups excluding carboxylic acids is 1. The SMILES string of the molecule is O=C(CN[C@@H]1CCNC1)OCc1ccccc1. The van der Waals surface area contributed by atoms with Crippen LogP contribution in [0.5, 0.6) is 0 Å². The van der Waals surface area contributed by atoms with Crippen molar-refractivity contribution in [3.63, 3.8) is 0 Å². The highest BCUT2D eigenvalue weighted by atomic mass is 16.5. The monoisotopic (exact) mass is 234 g/mol. The standard InChI is InChI=1S/C13H18N2O2/c16-13(9-15-12-6-7-14-8-12)17-10-11-4-2-1-3-5-11/h1-5,12,14-15H,6-10H2/t12-/m1/s1. The molecule has 4 nitrogen and oxygen atoms in total. The highest BCUT2D eigenvalue weighted by molar-refractivity contribution is 5.71. The molecule has 0 radical (unpaired) electrons. The smallest absolute Gasteiger partial charge is 0.320 e. The van der Waals surface area contributed by atoms with E-state index in [1.54, 1.807) is 0 Å². The van der Waals surface area contributed by atoms with Gasteiger partial charge in [-0.15, -0.1) is 0 Å². The van der Waals surface area contributed by atoms with Gasteiger partial charge in [-0.05, 0) is 18.5 Å². The summed E-state index contributed by atoms with van der Waals surface area (Å²) in [5.74, 6) is -0.194. The van der Waals surface area contributed by atoms with Crippen LogP contribution in [-0.2, 0) is 16.1 Å². The Balaban J connectivity index is 1.64. The van der Waals surface area contributed by atoms with Crippen LogP contribution in [0.25, 0.3) is 0 Å². The maximum atomic E-state index is 11.5. The Morgan fingerprint density at radius 3 is 2.94 bits per heavy atom. The lowest BCUT2D eigenvalue weighted by atomic mass is 10.2. The number of rotatable bonds is 5. The molecule has 4 heteroatoms. The fourth-order valence-corrected chi connectivity index (χ4v) is 1.85. The van der Waals surface area contributed by atoms with Gasteiger partial charge in [-0.2, -0.15) is 0 Å². The molecule has 1 aliphatic rings. The van der Waals surface area contributed by atoms with Crippen LogP contribution in [-0.4, -0.2) is 31.6 Å². The minimum atomic E-state index is -0.194. The molecule has 1 aromatic carbocycles. The van der Waals surface area contributed by atoms with Crippen molar-refractivity contribution in [3.8, 4) is 0 Å². The first-order valence-corrected chi connectivity index (χ1v) is 5.98. The summed E-state index contributed by atoms with van der Waals surface area (Å²) in [6.45, 7) is 2.60. The summed E-state index contributed by atoms with van der Waals surface area (Å²) in [5, 5.41) is 6.42. The van der Waals surface area contributed by atoms with Crippen LogP contribution in [0.15, 0.2) is 30.3 Å². The second-order valence-corrected chi connectivity index (χ2v) is 4.22. The number of ether oxygens (including phenoxy) is 1. The second-order valence-electron chi connectivity index (χ2n) is 4.22. The number of nitrogens with one attached hydrogen (secondary N) is 2. The van der Waals surface area contributed by atoms with E-state index >= 15 is 0 Å². The molecule has 1 heterocycles. The van der Waals surface area contributed by atoms with Gasteiger partial charge in [0.2, 0.25) is 0 Å². The third kappa shape index (κ3) is 4.17. The first-order valence-electron chi connectivity index (χ1n) is 5.98. The van der Waals surface area contributed by atoms with E-state index in [2.05, 4.69) is 10.6 Å². The molecule has 17 heavy (non-hydrogen) atoms. The molecular weight excluding hydrogens is 216 g/mol. The quantitative estimate of drug-likeness (QED) is 0.736. The summed E-state index contributed by atoms with van der Waals surface area (Å²) in [4.78, 5) is 11.5. The number of hydrogen-bond acceptors (Lipinski definition) is 4. The molecule has 2 rings (SSSR count). The molecule has 1 aromatic rings. The first kappa shape index (κ1) is 12.1. The van der Waals surface area contributed by atoms with Gasteiger partial charge in [0.1, 0.15) is 6.61 Å². The molecule has 0 spiro atoms. The van der Waals surface area contributed by atoms with Gasteiger partial charge in [0, 0.05) is 12.6 Å². The Labute approximate surface area is 101 Å². The van der Waals surface area contributed by atoms with Crippen molar-refractivity contribution in [2.45, 2.75) is 19.1 Å². The molecule has 0 aromatic heterocycles. The Hall–Kier alpha value is -1.39. The summed E-state index contributed by atoms with van der Waals surface area (Å²) < 4.78 is 5.17. The van der Waals surface area contributed by atoms with E-state index in [0.29, 0.717) is 19.2 Å². The van der Waals surface area contributed by atoms with Gasteiger partial charge < -0.3 is 15.4 Å². The van der Waals surface area contributed by atoms with Crippen molar-refractivity contribution < 1.29 is 9.53 Å². The van der Waals surface area contributed by atoms with Gasteiger partial charge in [0.05, 0.1) is 6.54 Å². The third-order valence-corrected chi connectivity index (χ3v) is 2.84. The lowest BCUT2D eigenvalue weighted by Gasteiger charge is -2.10. The van der Waals surface area contributed by atoms with Gasteiger partial charge in [-0.3, -0.25) is 4.79 Å². The van der Waals surface area contributed by atoms with Crippen molar-refractivity contribution in [2.75, 3.05) is 19.6 Å². The molecule has 1 aliphatic heterocycles. The maximum absolute atomic E-state index is 11.5. The van der Waals surface area contributed by atoms with E-state index in [1.807, 2.05) is 30.3 Å². The lowest BCUT2D eigenvalue weighted by Crippen LogP contribution is -2.35. The largest absolute Gasteiger partial charge is 0.460 e.